The fourth-order valence-corrected chi connectivity index (χ4v) is 6.21. The maximum atomic E-state index is 13.0. The van der Waals surface area contributed by atoms with Crippen molar-refractivity contribution in [1.82, 2.24) is 4.72 Å². The Labute approximate surface area is 229 Å². The van der Waals surface area contributed by atoms with Gasteiger partial charge in [-0.25, -0.2) is 13.1 Å². The number of anilines is 2. The van der Waals surface area contributed by atoms with Gasteiger partial charge in [-0.2, -0.15) is 0 Å². The zero-order valence-electron chi connectivity index (χ0n) is 19.2. The van der Waals surface area contributed by atoms with Crippen molar-refractivity contribution >= 4 is 53.3 Å². The molecule has 0 spiro atoms. The summed E-state index contributed by atoms with van der Waals surface area (Å²) >= 11 is 6.87. The van der Waals surface area contributed by atoms with E-state index in [4.69, 9.17) is 0 Å². The first-order valence-corrected chi connectivity index (χ1v) is 14.4. The third kappa shape index (κ3) is 7.05. The van der Waals surface area contributed by atoms with Crippen molar-refractivity contribution in [2.75, 3.05) is 4.90 Å². The summed E-state index contributed by atoms with van der Waals surface area (Å²) in [4.78, 5) is 1.77. The van der Waals surface area contributed by atoms with E-state index in [0.717, 1.165) is 44.6 Å². The monoisotopic (exact) mass is 662 g/mol. The Kier molecular flexibility index (Phi) is 8.54. The van der Waals surface area contributed by atoms with Gasteiger partial charge in [-0.3, -0.25) is 0 Å². The van der Waals surface area contributed by atoms with E-state index < -0.39 is 40.3 Å². The first-order valence-electron chi connectivity index (χ1n) is 11.3. The molecular formula is C25H23Br2F3N2O4S. The van der Waals surface area contributed by atoms with Crippen LogP contribution in [-0.2, 0) is 10.0 Å². The number of sulfonamides is 1. The minimum atomic E-state index is -4.88. The number of rotatable bonds is 7. The summed E-state index contributed by atoms with van der Waals surface area (Å²) < 4.78 is 71.5. The SMILES string of the molecule is O=S(=O)(N[C@H]1CCC[C@@H](N(c2ccc(Br)cc2)c2ccc(Br)cc2)[C@@H]1O)c1ccc(OC(F)(F)F)cc1. The number of halogens is 5. The predicted molar refractivity (Wildman–Crippen MR) is 141 cm³/mol. The van der Waals surface area contributed by atoms with E-state index >= 15 is 0 Å². The van der Waals surface area contributed by atoms with Crippen LogP contribution in [0.5, 0.6) is 5.75 Å². The minimum Gasteiger partial charge on any atom is -0.406 e. The maximum Gasteiger partial charge on any atom is 0.573 e. The highest BCUT2D eigenvalue weighted by Gasteiger charge is 2.38. The maximum absolute atomic E-state index is 13.0. The molecule has 0 aliphatic heterocycles. The standard InChI is InChI=1S/C25H23Br2F3N2O4S/c26-16-4-8-18(9-5-16)32(19-10-6-17(27)7-11-19)23-3-1-2-22(24(23)33)31-37(34,35)21-14-12-20(13-15-21)36-25(28,29)30/h4-15,22-24,31,33H,1-3H2/t22-,23+,24+/m0/s1. The lowest BCUT2D eigenvalue weighted by Crippen LogP contribution is -2.55. The zero-order valence-corrected chi connectivity index (χ0v) is 23.2. The molecule has 198 valence electrons. The highest BCUT2D eigenvalue weighted by atomic mass is 79.9. The van der Waals surface area contributed by atoms with Gasteiger partial charge < -0.3 is 14.7 Å². The summed E-state index contributed by atoms with van der Waals surface area (Å²) in [5.74, 6) is -0.524. The van der Waals surface area contributed by atoms with Gasteiger partial charge in [0.15, 0.2) is 0 Å². The van der Waals surface area contributed by atoms with E-state index in [-0.39, 0.29) is 4.90 Å². The average Bonchev–Trinajstić information content (AvgIpc) is 2.83. The number of ether oxygens (including phenoxy) is 1. The number of hydrogen-bond acceptors (Lipinski definition) is 5. The van der Waals surface area contributed by atoms with Crippen LogP contribution in [-0.4, -0.2) is 38.1 Å². The molecule has 1 fully saturated rings. The van der Waals surface area contributed by atoms with E-state index in [1.807, 2.05) is 53.4 Å². The van der Waals surface area contributed by atoms with E-state index in [1.54, 1.807) is 0 Å². The Balaban J connectivity index is 1.58. The highest BCUT2D eigenvalue weighted by molar-refractivity contribution is 9.10. The van der Waals surface area contributed by atoms with E-state index in [1.165, 1.54) is 0 Å². The Morgan fingerprint density at radius 1 is 0.865 bits per heavy atom. The summed E-state index contributed by atoms with van der Waals surface area (Å²) in [5, 5.41) is 11.4. The molecule has 0 saturated heterocycles. The molecule has 0 heterocycles. The van der Waals surface area contributed by atoms with Gasteiger partial charge in [-0.15, -0.1) is 13.2 Å². The fraction of sp³-hybridized carbons (Fsp3) is 0.280. The second-order valence-electron chi connectivity index (χ2n) is 8.56. The number of hydrogen-bond donors (Lipinski definition) is 2. The molecule has 3 atom stereocenters. The molecule has 1 aliphatic carbocycles. The van der Waals surface area contributed by atoms with Crippen molar-refractivity contribution in [2.45, 2.75) is 48.7 Å². The van der Waals surface area contributed by atoms with Crippen molar-refractivity contribution in [3.63, 3.8) is 0 Å². The number of nitrogens with one attached hydrogen (secondary N) is 1. The smallest absolute Gasteiger partial charge is 0.406 e. The first kappa shape index (κ1) is 27.9. The molecule has 1 saturated carbocycles. The zero-order chi connectivity index (χ0) is 26.8. The van der Waals surface area contributed by atoms with Crippen LogP contribution in [0.3, 0.4) is 0 Å². The molecule has 4 rings (SSSR count). The number of aliphatic hydroxyl groups excluding tert-OH is 1. The Morgan fingerprint density at radius 2 is 1.38 bits per heavy atom. The summed E-state index contributed by atoms with van der Waals surface area (Å²) in [6.07, 6.45) is -4.27. The van der Waals surface area contributed by atoms with Gasteiger partial charge in [0, 0.05) is 20.3 Å². The van der Waals surface area contributed by atoms with Gasteiger partial charge in [0.2, 0.25) is 10.0 Å². The number of alkyl halides is 3. The molecule has 3 aromatic rings. The predicted octanol–water partition coefficient (Wildman–Crippen LogP) is 6.51. The molecule has 0 unspecified atom stereocenters. The number of aliphatic hydroxyl groups is 1. The van der Waals surface area contributed by atoms with Crippen LogP contribution in [0.4, 0.5) is 24.5 Å². The minimum absolute atomic E-state index is 0.228. The molecular weight excluding hydrogens is 641 g/mol. The second-order valence-corrected chi connectivity index (χ2v) is 12.1. The molecule has 37 heavy (non-hydrogen) atoms. The van der Waals surface area contributed by atoms with Gasteiger partial charge in [-0.05, 0) is 92.1 Å². The second kappa shape index (κ2) is 11.3. The molecule has 0 radical (unpaired) electrons. The van der Waals surface area contributed by atoms with Crippen molar-refractivity contribution in [3.05, 3.63) is 81.7 Å². The average molecular weight is 664 g/mol. The van der Waals surface area contributed by atoms with Crippen molar-refractivity contribution < 1.29 is 31.4 Å². The van der Waals surface area contributed by atoms with Gasteiger partial charge in [0.05, 0.1) is 23.1 Å². The third-order valence-corrected chi connectivity index (χ3v) is 8.60. The molecule has 6 nitrogen and oxygen atoms in total. The first-order chi connectivity index (χ1) is 17.4. The molecule has 0 bridgehead atoms. The fourth-order valence-electron chi connectivity index (χ4n) is 4.39. The Hall–Kier alpha value is -2.12. The van der Waals surface area contributed by atoms with Crippen LogP contribution in [0.2, 0.25) is 0 Å². The normalized spacial score (nSPS) is 20.4. The Morgan fingerprint density at radius 3 is 1.86 bits per heavy atom. The topological polar surface area (TPSA) is 78.9 Å². The van der Waals surface area contributed by atoms with Crippen LogP contribution in [0, 0.1) is 0 Å². The van der Waals surface area contributed by atoms with Crippen LogP contribution < -0.4 is 14.4 Å². The third-order valence-electron chi connectivity index (χ3n) is 6.04. The van der Waals surface area contributed by atoms with Crippen molar-refractivity contribution in [3.8, 4) is 5.75 Å². The van der Waals surface area contributed by atoms with E-state index in [0.29, 0.717) is 19.3 Å². The number of benzene rings is 3. The molecule has 0 amide bonds. The van der Waals surface area contributed by atoms with Gasteiger partial charge in [0.25, 0.3) is 0 Å². The summed E-state index contributed by atoms with van der Waals surface area (Å²) in [6.45, 7) is 0. The van der Waals surface area contributed by atoms with Crippen LogP contribution in [0.15, 0.2) is 86.6 Å². The van der Waals surface area contributed by atoms with Crippen LogP contribution >= 0.6 is 31.9 Å². The molecule has 3 aromatic carbocycles. The van der Waals surface area contributed by atoms with Gasteiger partial charge in [0.1, 0.15) is 5.75 Å². The largest absolute Gasteiger partial charge is 0.573 e. The number of nitrogens with zero attached hydrogens (tertiary/aromatic N) is 1. The van der Waals surface area contributed by atoms with E-state index in [9.17, 15) is 26.7 Å². The molecule has 0 aromatic heterocycles. The Bertz CT molecular complexity index is 1260. The summed E-state index contributed by atoms with van der Waals surface area (Å²) in [5.41, 5.74) is 1.66. The van der Waals surface area contributed by atoms with Crippen LogP contribution in [0.25, 0.3) is 0 Å². The van der Waals surface area contributed by atoms with E-state index in [2.05, 4.69) is 41.3 Å². The summed E-state index contributed by atoms with van der Waals surface area (Å²) in [7, 11) is -4.12. The lowest BCUT2D eigenvalue weighted by atomic mass is 9.87. The van der Waals surface area contributed by atoms with Gasteiger partial charge >= 0.3 is 6.36 Å². The lowest BCUT2D eigenvalue weighted by molar-refractivity contribution is -0.274. The van der Waals surface area contributed by atoms with Crippen molar-refractivity contribution in [2.24, 2.45) is 0 Å². The quantitative estimate of drug-likeness (QED) is 0.302. The molecule has 2 N–H and O–H groups in total. The molecule has 1 aliphatic rings. The lowest BCUT2D eigenvalue weighted by Gasteiger charge is -2.42. The van der Waals surface area contributed by atoms with Gasteiger partial charge in [-0.1, -0.05) is 31.9 Å². The summed E-state index contributed by atoms with van der Waals surface area (Å²) in [6, 6.07) is 17.9. The van der Waals surface area contributed by atoms with Crippen molar-refractivity contribution in [1.29, 1.82) is 0 Å². The molecule has 12 heteroatoms. The highest BCUT2D eigenvalue weighted by Crippen LogP contribution is 2.36. The van der Waals surface area contributed by atoms with Crippen LogP contribution in [0.1, 0.15) is 19.3 Å².